The van der Waals surface area contributed by atoms with E-state index in [1.807, 2.05) is 4.90 Å². The van der Waals surface area contributed by atoms with Crippen LogP contribution in [0.3, 0.4) is 0 Å². The molecule has 1 amide bonds. The highest BCUT2D eigenvalue weighted by Crippen LogP contribution is 2.36. The lowest BCUT2D eigenvalue weighted by molar-refractivity contribution is -0.137. The number of carboxylic acids is 1. The summed E-state index contributed by atoms with van der Waals surface area (Å²) in [6.45, 7) is 1.54. The number of carbonyl (C=O) groups excluding carboxylic acids is 1. The standard InChI is InChI=1S/C27H28F3NO4/c28-27(29,30)23-9-5-19(6-10-23)17-35-24-11-7-18(8-12-24)13-22(26(33)34)14-25(32)31-15-20-3-1-2-4-21(20)16-31/h5-13,20-21H,1-4,14-17H2,(H,33,34)/b22-13-/t20-,21+. The van der Waals surface area contributed by atoms with Gasteiger partial charge in [-0.25, -0.2) is 4.79 Å². The van der Waals surface area contributed by atoms with Gasteiger partial charge in [0.25, 0.3) is 0 Å². The molecule has 186 valence electrons. The second kappa shape index (κ2) is 10.5. The topological polar surface area (TPSA) is 66.8 Å². The zero-order valence-corrected chi connectivity index (χ0v) is 19.3. The van der Waals surface area contributed by atoms with Crippen LogP contribution in [0.5, 0.6) is 5.75 Å². The van der Waals surface area contributed by atoms with Crippen molar-refractivity contribution < 1.29 is 32.6 Å². The number of fused-ring (bicyclic) bond motifs is 1. The van der Waals surface area contributed by atoms with Gasteiger partial charge in [0.15, 0.2) is 0 Å². The van der Waals surface area contributed by atoms with Crippen LogP contribution < -0.4 is 4.74 Å². The normalized spacial score (nSPS) is 20.4. The molecule has 0 spiro atoms. The fourth-order valence-corrected chi connectivity index (χ4v) is 4.89. The molecule has 0 bridgehead atoms. The van der Waals surface area contributed by atoms with Crippen LogP contribution in [0.25, 0.3) is 6.08 Å². The third kappa shape index (κ3) is 6.44. The lowest BCUT2D eigenvalue weighted by Gasteiger charge is -2.22. The maximum absolute atomic E-state index is 12.8. The van der Waals surface area contributed by atoms with E-state index in [0.29, 0.717) is 28.7 Å². The monoisotopic (exact) mass is 487 g/mol. The Balaban J connectivity index is 1.34. The minimum Gasteiger partial charge on any atom is -0.489 e. The number of carboxylic acid groups (broad SMARTS) is 1. The molecule has 4 rings (SSSR count). The van der Waals surface area contributed by atoms with Gasteiger partial charge in [0.1, 0.15) is 12.4 Å². The third-order valence-corrected chi connectivity index (χ3v) is 6.85. The van der Waals surface area contributed by atoms with Gasteiger partial charge in [-0.1, -0.05) is 37.1 Å². The Labute approximate surface area is 202 Å². The predicted octanol–water partition coefficient (Wildman–Crippen LogP) is 5.79. The number of carbonyl (C=O) groups is 2. The summed E-state index contributed by atoms with van der Waals surface area (Å²) < 4.78 is 43.6. The van der Waals surface area contributed by atoms with Crippen molar-refractivity contribution in [2.75, 3.05) is 13.1 Å². The quantitative estimate of drug-likeness (QED) is 0.502. The van der Waals surface area contributed by atoms with E-state index in [9.17, 15) is 27.9 Å². The van der Waals surface area contributed by atoms with Crippen molar-refractivity contribution in [2.24, 2.45) is 11.8 Å². The van der Waals surface area contributed by atoms with Crippen LogP contribution in [-0.2, 0) is 22.4 Å². The van der Waals surface area contributed by atoms with E-state index in [4.69, 9.17) is 4.74 Å². The first-order valence-corrected chi connectivity index (χ1v) is 11.8. The van der Waals surface area contributed by atoms with Crippen LogP contribution in [0.15, 0.2) is 54.1 Å². The van der Waals surface area contributed by atoms with Crippen molar-refractivity contribution in [1.82, 2.24) is 4.90 Å². The van der Waals surface area contributed by atoms with Crippen LogP contribution in [-0.4, -0.2) is 35.0 Å². The third-order valence-electron chi connectivity index (χ3n) is 6.85. The first-order valence-electron chi connectivity index (χ1n) is 11.8. The van der Waals surface area contributed by atoms with Gasteiger partial charge in [0.2, 0.25) is 5.91 Å². The second-order valence-corrected chi connectivity index (χ2v) is 9.31. The van der Waals surface area contributed by atoms with Gasteiger partial charge in [0, 0.05) is 18.7 Å². The summed E-state index contributed by atoms with van der Waals surface area (Å²) >= 11 is 0. The maximum atomic E-state index is 12.8. The number of aliphatic carboxylic acids is 1. The lowest BCUT2D eigenvalue weighted by Crippen LogP contribution is -2.29. The number of ether oxygens (including phenoxy) is 1. The highest BCUT2D eigenvalue weighted by atomic mass is 19.4. The molecular formula is C27H28F3NO4. The van der Waals surface area contributed by atoms with Crippen molar-refractivity contribution in [1.29, 1.82) is 0 Å². The van der Waals surface area contributed by atoms with Crippen LogP contribution in [0.1, 0.15) is 48.8 Å². The number of hydrogen-bond acceptors (Lipinski definition) is 3. The Morgan fingerprint density at radius 3 is 2.11 bits per heavy atom. The summed E-state index contributed by atoms with van der Waals surface area (Å²) in [7, 11) is 0. The second-order valence-electron chi connectivity index (χ2n) is 9.31. The summed E-state index contributed by atoms with van der Waals surface area (Å²) in [5, 5.41) is 9.63. The van der Waals surface area contributed by atoms with E-state index in [-0.39, 0.29) is 24.5 Å². The zero-order chi connectivity index (χ0) is 25.0. The van der Waals surface area contributed by atoms with Gasteiger partial charge in [-0.05, 0) is 66.1 Å². The highest BCUT2D eigenvalue weighted by molar-refractivity contribution is 5.98. The fourth-order valence-electron chi connectivity index (χ4n) is 4.89. The van der Waals surface area contributed by atoms with Gasteiger partial charge < -0.3 is 14.7 Å². The first-order chi connectivity index (χ1) is 16.7. The molecule has 2 aromatic rings. The minimum absolute atomic E-state index is 0.0308. The summed E-state index contributed by atoms with van der Waals surface area (Å²) in [5.41, 5.74) is 0.527. The number of rotatable bonds is 7. The lowest BCUT2D eigenvalue weighted by atomic mass is 9.82. The smallest absolute Gasteiger partial charge is 0.416 e. The Kier molecular flexibility index (Phi) is 7.48. The van der Waals surface area contributed by atoms with E-state index in [1.165, 1.54) is 31.1 Å². The number of hydrogen-bond donors (Lipinski definition) is 1. The number of halogens is 3. The fraction of sp³-hybridized carbons (Fsp3) is 0.407. The molecule has 2 aromatic carbocycles. The van der Waals surface area contributed by atoms with Crippen molar-refractivity contribution >= 4 is 18.0 Å². The Bertz CT molecular complexity index is 1060. The Morgan fingerprint density at radius 1 is 0.971 bits per heavy atom. The molecule has 0 radical (unpaired) electrons. The average molecular weight is 488 g/mol. The van der Waals surface area contributed by atoms with E-state index < -0.39 is 17.7 Å². The van der Waals surface area contributed by atoms with Gasteiger partial charge in [-0.2, -0.15) is 13.2 Å². The van der Waals surface area contributed by atoms with E-state index in [2.05, 4.69) is 0 Å². The molecule has 0 aromatic heterocycles. The van der Waals surface area contributed by atoms with Gasteiger partial charge in [-0.3, -0.25) is 4.79 Å². The number of amides is 1. The molecule has 8 heteroatoms. The average Bonchev–Trinajstić information content (AvgIpc) is 3.27. The van der Waals surface area contributed by atoms with Crippen molar-refractivity contribution in [3.8, 4) is 5.75 Å². The van der Waals surface area contributed by atoms with Gasteiger partial charge >= 0.3 is 12.1 Å². The van der Waals surface area contributed by atoms with Crippen LogP contribution in [0, 0.1) is 11.8 Å². The molecule has 2 atom stereocenters. The minimum atomic E-state index is -4.38. The van der Waals surface area contributed by atoms with Crippen LogP contribution >= 0.6 is 0 Å². The molecule has 2 fully saturated rings. The summed E-state index contributed by atoms with van der Waals surface area (Å²) in [5.74, 6) is 0.303. The molecule has 1 N–H and O–H groups in total. The molecular weight excluding hydrogens is 459 g/mol. The SMILES string of the molecule is O=C(O)/C(=C\c1ccc(OCc2ccc(C(F)(F)F)cc2)cc1)CC(=O)N1C[C@H]2CCCC[C@H]2C1. The summed E-state index contributed by atoms with van der Waals surface area (Å²) in [4.78, 5) is 26.4. The van der Waals surface area contributed by atoms with Crippen molar-refractivity contribution in [2.45, 2.75) is 44.9 Å². The Morgan fingerprint density at radius 2 is 1.57 bits per heavy atom. The molecule has 1 aliphatic carbocycles. The molecule has 35 heavy (non-hydrogen) atoms. The number of likely N-dealkylation sites (tertiary alicyclic amines) is 1. The molecule has 1 saturated heterocycles. The molecule has 2 aliphatic rings. The van der Waals surface area contributed by atoms with Crippen LogP contribution in [0.2, 0.25) is 0 Å². The van der Waals surface area contributed by atoms with Crippen LogP contribution in [0.4, 0.5) is 13.2 Å². The predicted molar refractivity (Wildman–Crippen MR) is 124 cm³/mol. The Hall–Kier alpha value is -3.29. The summed E-state index contributed by atoms with van der Waals surface area (Å²) in [6.07, 6.45) is 1.65. The van der Waals surface area contributed by atoms with E-state index in [1.54, 1.807) is 24.3 Å². The maximum Gasteiger partial charge on any atom is 0.416 e. The van der Waals surface area contributed by atoms with Crippen molar-refractivity contribution in [3.05, 3.63) is 70.8 Å². The highest BCUT2D eigenvalue weighted by Gasteiger charge is 2.36. The molecule has 0 unspecified atom stereocenters. The first kappa shape index (κ1) is 24.8. The number of nitrogens with zero attached hydrogens (tertiary/aromatic N) is 1. The molecule has 1 aliphatic heterocycles. The van der Waals surface area contributed by atoms with Gasteiger partial charge in [0.05, 0.1) is 12.0 Å². The molecule has 1 saturated carbocycles. The molecule has 5 nitrogen and oxygen atoms in total. The number of benzene rings is 2. The van der Waals surface area contributed by atoms with E-state index in [0.717, 1.165) is 38.1 Å². The molecule has 1 heterocycles. The van der Waals surface area contributed by atoms with E-state index >= 15 is 0 Å². The van der Waals surface area contributed by atoms with Gasteiger partial charge in [-0.15, -0.1) is 0 Å². The largest absolute Gasteiger partial charge is 0.489 e. The van der Waals surface area contributed by atoms with Crippen molar-refractivity contribution in [3.63, 3.8) is 0 Å². The number of alkyl halides is 3. The zero-order valence-electron chi connectivity index (χ0n) is 19.3. The summed E-state index contributed by atoms with van der Waals surface area (Å²) in [6, 6.07) is 11.4.